The van der Waals surface area contributed by atoms with Gasteiger partial charge < -0.3 is 10.1 Å². The van der Waals surface area contributed by atoms with E-state index in [0.717, 1.165) is 38.6 Å². The van der Waals surface area contributed by atoms with Gasteiger partial charge in [0.2, 0.25) is 0 Å². The van der Waals surface area contributed by atoms with Crippen molar-refractivity contribution in [3.05, 3.63) is 106 Å². The summed E-state index contributed by atoms with van der Waals surface area (Å²) in [7, 11) is 2.07. The van der Waals surface area contributed by atoms with Crippen LogP contribution in [0.2, 0.25) is 0 Å². The summed E-state index contributed by atoms with van der Waals surface area (Å²) in [6.07, 6.45) is 2.65. The molecule has 3 N–H and O–H groups in total. The first-order valence-electron chi connectivity index (χ1n) is 11.7. The molecule has 4 rings (SSSR count). The Balaban J connectivity index is 1.29. The van der Waals surface area contributed by atoms with Gasteiger partial charge in [0, 0.05) is 33.7 Å². The summed E-state index contributed by atoms with van der Waals surface area (Å²) in [6.45, 7) is 1.88. The second-order valence-electron chi connectivity index (χ2n) is 8.62. The van der Waals surface area contributed by atoms with Gasteiger partial charge in [-0.3, -0.25) is 9.74 Å². The lowest BCUT2D eigenvalue weighted by Gasteiger charge is -2.16. The van der Waals surface area contributed by atoms with Gasteiger partial charge >= 0.3 is 0 Å². The molecule has 0 saturated heterocycles. The van der Waals surface area contributed by atoms with Crippen LogP contribution in [0.15, 0.2) is 83.5 Å². The highest BCUT2D eigenvalue weighted by molar-refractivity contribution is 9.10. The molecule has 4 aromatic rings. The normalized spacial score (nSPS) is 12.0. The molecule has 0 spiro atoms. The van der Waals surface area contributed by atoms with Crippen molar-refractivity contribution in [3.63, 3.8) is 0 Å². The fourth-order valence-electron chi connectivity index (χ4n) is 3.94. The van der Waals surface area contributed by atoms with Crippen LogP contribution in [0.3, 0.4) is 0 Å². The number of hydroxylamine groups is 1. The Morgan fingerprint density at radius 2 is 1.86 bits per heavy atom. The van der Waals surface area contributed by atoms with E-state index in [4.69, 9.17) is 4.84 Å². The van der Waals surface area contributed by atoms with Crippen molar-refractivity contribution in [1.82, 2.24) is 15.4 Å². The largest absolute Gasteiger partial charge is 0.395 e. The van der Waals surface area contributed by atoms with Gasteiger partial charge in [0.25, 0.3) is 0 Å². The van der Waals surface area contributed by atoms with Crippen LogP contribution in [0, 0.1) is 11.8 Å². The summed E-state index contributed by atoms with van der Waals surface area (Å²) >= 11 is 3.60. The SMILES string of the molecule is CN(CC#Cc1ccc(Br)c(CONC(CO)Cc2c[nH]c3ccccc23)c1)Cc1ccccc1. The van der Waals surface area contributed by atoms with E-state index in [-0.39, 0.29) is 12.6 Å². The molecule has 3 aromatic carbocycles. The molecule has 5 nitrogen and oxygen atoms in total. The van der Waals surface area contributed by atoms with E-state index in [1.54, 1.807) is 0 Å². The van der Waals surface area contributed by atoms with Gasteiger partial charge in [-0.2, -0.15) is 5.48 Å². The van der Waals surface area contributed by atoms with Gasteiger partial charge in [-0.15, -0.1) is 0 Å². The van der Waals surface area contributed by atoms with Crippen molar-refractivity contribution < 1.29 is 9.94 Å². The Morgan fingerprint density at radius 3 is 2.69 bits per heavy atom. The molecule has 35 heavy (non-hydrogen) atoms. The summed E-state index contributed by atoms with van der Waals surface area (Å²) in [5.41, 5.74) is 8.47. The molecule has 1 aromatic heterocycles. The molecule has 1 heterocycles. The smallest absolute Gasteiger partial charge is 0.0944 e. The van der Waals surface area contributed by atoms with Crippen LogP contribution < -0.4 is 5.48 Å². The number of H-pyrrole nitrogens is 1. The van der Waals surface area contributed by atoms with Crippen LogP contribution >= 0.6 is 15.9 Å². The van der Waals surface area contributed by atoms with Gasteiger partial charge in [-0.05, 0) is 54.4 Å². The third kappa shape index (κ3) is 7.28. The molecular weight excluding hydrogens is 502 g/mol. The molecular formula is C29H30BrN3O2. The number of rotatable bonds is 10. The van der Waals surface area contributed by atoms with Crippen LogP contribution in [0.5, 0.6) is 0 Å². The quantitative estimate of drug-likeness (QED) is 0.198. The maximum atomic E-state index is 9.84. The molecule has 180 valence electrons. The molecule has 1 unspecified atom stereocenters. The van der Waals surface area contributed by atoms with E-state index in [0.29, 0.717) is 19.6 Å². The lowest BCUT2D eigenvalue weighted by atomic mass is 10.1. The van der Waals surface area contributed by atoms with Gasteiger partial charge in [0.15, 0.2) is 0 Å². The first kappa shape index (κ1) is 25.2. The number of para-hydroxylation sites is 1. The lowest BCUT2D eigenvalue weighted by molar-refractivity contribution is -0.00954. The Morgan fingerprint density at radius 1 is 1.06 bits per heavy atom. The van der Waals surface area contributed by atoms with Gasteiger partial charge in [0.1, 0.15) is 0 Å². The molecule has 0 radical (unpaired) electrons. The number of nitrogens with zero attached hydrogens (tertiary/aromatic N) is 1. The Bertz CT molecular complexity index is 1290. The second-order valence-corrected chi connectivity index (χ2v) is 9.47. The van der Waals surface area contributed by atoms with Crippen molar-refractivity contribution >= 4 is 26.8 Å². The molecule has 0 saturated carbocycles. The number of halogens is 1. The fraction of sp³-hybridized carbons (Fsp3) is 0.241. The minimum atomic E-state index is -0.212. The molecule has 0 amide bonds. The predicted molar refractivity (Wildman–Crippen MR) is 145 cm³/mol. The summed E-state index contributed by atoms with van der Waals surface area (Å²) in [5, 5.41) is 11.0. The second kappa shape index (κ2) is 12.7. The Hall–Kier alpha value is -2.92. The molecule has 6 heteroatoms. The highest BCUT2D eigenvalue weighted by atomic mass is 79.9. The summed E-state index contributed by atoms with van der Waals surface area (Å²) < 4.78 is 0.961. The highest BCUT2D eigenvalue weighted by Crippen LogP contribution is 2.20. The van der Waals surface area contributed by atoms with E-state index < -0.39 is 0 Å². The molecule has 0 aliphatic rings. The van der Waals surface area contributed by atoms with E-state index in [9.17, 15) is 5.11 Å². The number of hydrogen-bond donors (Lipinski definition) is 3. The fourth-order valence-corrected chi connectivity index (χ4v) is 4.30. The number of aliphatic hydroxyl groups is 1. The van der Waals surface area contributed by atoms with Gasteiger partial charge in [0.05, 0.1) is 25.8 Å². The summed E-state index contributed by atoms with van der Waals surface area (Å²) in [5.74, 6) is 6.51. The molecule has 0 bridgehead atoms. The van der Waals surface area contributed by atoms with E-state index in [1.165, 1.54) is 5.56 Å². The number of aliphatic hydroxyl groups excluding tert-OH is 1. The van der Waals surface area contributed by atoms with Gasteiger partial charge in [-0.25, -0.2) is 0 Å². The first-order chi connectivity index (χ1) is 17.1. The minimum Gasteiger partial charge on any atom is -0.395 e. The van der Waals surface area contributed by atoms with E-state index in [1.807, 2.05) is 48.7 Å². The monoisotopic (exact) mass is 531 g/mol. The van der Waals surface area contributed by atoms with E-state index >= 15 is 0 Å². The average molecular weight is 532 g/mol. The molecule has 0 fully saturated rings. The highest BCUT2D eigenvalue weighted by Gasteiger charge is 2.12. The number of benzene rings is 3. The van der Waals surface area contributed by atoms with Crippen molar-refractivity contribution in [2.75, 3.05) is 20.2 Å². The van der Waals surface area contributed by atoms with Crippen LogP contribution in [0.1, 0.15) is 22.3 Å². The number of nitrogens with one attached hydrogen (secondary N) is 2. The van der Waals surface area contributed by atoms with Crippen LogP contribution in [-0.4, -0.2) is 41.2 Å². The van der Waals surface area contributed by atoms with Crippen LogP contribution in [0.25, 0.3) is 10.9 Å². The Kier molecular flexibility index (Phi) is 9.13. The predicted octanol–water partition coefficient (Wildman–Crippen LogP) is 5.04. The average Bonchev–Trinajstić information content (AvgIpc) is 3.28. The third-order valence-corrected chi connectivity index (χ3v) is 6.54. The van der Waals surface area contributed by atoms with Crippen LogP contribution in [0.4, 0.5) is 0 Å². The summed E-state index contributed by atoms with van der Waals surface area (Å²) in [4.78, 5) is 11.2. The first-order valence-corrected chi connectivity index (χ1v) is 12.4. The summed E-state index contributed by atoms with van der Waals surface area (Å²) in [6, 6.07) is 24.4. The standard InChI is InChI=1S/C29H30BrN3O2/c1-33(19-23-8-3-2-4-9-23)15-7-10-22-13-14-28(30)25(16-22)21-35-32-26(20-34)17-24-18-31-29-12-6-5-11-27(24)29/h2-6,8-9,11-14,16,18,26,31-32,34H,15,17,19-21H2,1H3. The van der Waals surface area contributed by atoms with Crippen molar-refractivity contribution in [1.29, 1.82) is 0 Å². The maximum Gasteiger partial charge on any atom is 0.0944 e. The lowest BCUT2D eigenvalue weighted by Crippen LogP contribution is -2.34. The number of fused-ring (bicyclic) bond motifs is 1. The zero-order chi connectivity index (χ0) is 24.5. The number of aromatic amines is 1. The van der Waals surface area contributed by atoms with Gasteiger partial charge in [-0.1, -0.05) is 76.3 Å². The molecule has 0 aliphatic heterocycles. The zero-order valence-electron chi connectivity index (χ0n) is 19.8. The zero-order valence-corrected chi connectivity index (χ0v) is 21.4. The molecule has 0 aliphatic carbocycles. The number of aromatic nitrogens is 1. The van der Waals surface area contributed by atoms with Crippen molar-refractivity contribution in [2.45, 2.75) is 25.6 Å². The third-order valence-electron chi connectivity index (χ3n) is 5.76. The Labute approximate surface area is 215 Å². The molecule has 1 atom stereocenters. The van der Waals surface area contributed by atoms with Crippen molar-refractivity contribution in [2.24, 2.45) is 0 Å². The van der Waals surface area contributed by atoms with E-state index in [2.05, 4.69) is 80.5 Å². The number of hydrogen-bond acceptors (Lipinski definition) is 4. The van der Waals surface area contributed by atoms with Crippen LogP contribution in [-0.2, 0) is 24.4 Å². The minimum absolute atomic E-state index is 0.0251. The maximum absolute atomic E-state index is 9.84. The topological polar surface area (TPSA) is 60.5 Å². The van der Waals surface area contributed by atoms with Crippen molar-refractivity contribution in [3.8, 4) is 11.8 Å².